The van der Waals surface area contributed by atoms with Crippen molar-refractivity contribution in [1.29, 1.82) is 0 Å². The summed E-state index contributed by atoms with van der Waals surface area (Å²) in [5.41, 5.74) is 1.54. The Morgan fingerprint density at radius 1 is 0.931 bits per heavy atom. The number of hydrogen-bond acceptors (Lipinski definition) is 3. The van der Waals surface area contributed by atoms with Gasteiger partial charge in [-0.1, -0.05) is 55.2 Å². The van der Waals surface area contributed by atoms with Crippen LogP contribution in [0.3, 0.4) is 0 Å². The number of carbonyl (C=O) groups excluding carboxylic acids is 2. The van der Waals surface area contributed by atoms with E-state index in [1.54, 1.807) is 18.2 Å². The number of anilines is 1. The minimum Gasteiger partial charge on any atom is -0.368 e. The van der Waals surface area contributed by atoms with Crippen LogP contribution < -0.4 is 10.2 Å². The van der Waals surface area contributed by atoms with E-state index in [4.69, 9.17) is 23.2 Å². The summed E-state index contributed by atoms with van der Waals surface area (Å²) < 4.78 is 0. The van der Waals surface area contributed by atoms with Gasteiger partial charge in [0.2, 0.25) is 5.91 Å². The average molecular weight is 434 g/mol. The minimum absolute atomic E-state index is 0.0109. The van der Waals surface area contributed by atoms with E-state index in [1.165, 1.54) is 0 Å². The lowest BCUT2D eigenvalue weighted by atomic mass is 10.0. The van der Waals surface area contributed by atoms with Crippen LogP contribution in [-0.4, -0.2) is 48.9 Å². The molecular formula is C22H25Cl2N3O2. The summed E-state index contributed by atoms with van der Waals surface area (Å²) >= 11 is 12.1. The summed E-state index contributed by atoms with van der Waals surface area (Å²) in [6, 6.07) is 14.0. The van der Waals surface area contributed by atoms with E-state index in [-0.39, 0.29) is 17.7 Å². The zero-order valence-electron chi connectivity index (χ0n) is 16.6. The van der Waals surface area contributed by atoms with Gasteiger partial charge < -0.3 is 15.1 Å². The number of piperazine rings is 1. The molecule has 1 heterocycles. The molecule has 1 fully saturated rings. The topological polar surface area (TPSA) is 52.7 Å². The zero-order chi connectivity index (χ0) is 21.0. The summed E-state index contributed by atoms with van der Waals surface area (Å²) in [6.07, 6.45) is 0. The van der Waals surface area contributed by atoms with Crippen molar-refractivity contribution < 1.29 is 9.59 Å². The van der Waals surface area contributed by atoms with Crippen LogP contribution in [0.15, 0.2) is 48.5 Å². The van der Waals surface area contributed by atoms with Crippen LogP contribution in [0.2, 0.25) is 10.0 Å². The Labute approximate surface area is 181 Å². The molecule has 1 aliphatic rings. The largest absolute Gasteiger partial charge is 0.368 e. The van der Waals surface area contributed by atoms with Gasteiger partial charge in [0.15, 0.2) is 0 Å². The summed E-state index contributed by atoms with van der Waals surface area (Å²) in [5, 5.41) is 3.96. The first-order chi connectivity index (χ1) is 13.9. The molecule has 0 radical (unpaired) electrons. The van der Waals surface area contributed by atoms with Gasteiger partial charge in [-0.2, -0.15) is 0 Å². The summed E-state index contributed by atoms with van der Waals surface area (Å²) in [5.74, 6) is -0.284. The normalized spacial score (nSPS) is 15.3. The van der Waals surface area contributed by atoms with Gasteiger partial charge in [-0.3, -0.25) is 9.59 Å². The van der Waals surface area contributed by atoms with Gasteiger partial charge in [0.25, 0.3) is 5.91 Å². The Kier molecular flexibility index (Phi) is 7.04. The third-order valence-electron chi connectivity index (χ3n) is 5.11. The summed E-state index contributed by atoms with van der Waals surface area (Å²) in [6.45, 7) is 6.45. The van der Waals surface area contributed by atoms with E-state index < -0.39 is 6.04 Å². The van der Waals surface area contributed by atoms with Crippen LogP contribution in [0.1, 0.15) is 24.2 Å². The molecule has 0 bridgehead atoms. The van der Waals surface area contributed by atoms with Crippen LogP contribution in [0.25, 0.3) is 0 Å². The molecule has 0 spiro atoms. The minimum atomic E-state index is -0.556. The van der Waals surface area contributed by atoms with Gasteiger partial charge in [0.05, 0.1) is 10.0 Å². The van der Waals surface area contributed by atoms with Crippen LogP contribution in [0.4, 0.5) is 5.69 Å². The highest BCUT2D eigenvalue weighted by Gasteiger charge is 2.31. The number of nitrogens with one attached hydrogen (secondary N) is 1. The van der Waals surface area contributed by atoms with Crippen molar-refractivity contribution in [3.63, 3.8) is 0 Å². The molecule has 0 saturated carbocycles. The lowest BCUT2D eigenvalue weighted by Gasteiger charge is -2.38. The third-order valence-corrected chi connectivity index (χ3v) is 5.85. The number of rotatable bonds is 5. The number of hydrogen-bond donors (Lipinski definition) is 1. The Bertz CT molecular complexity index is 866. The molecule has 1 saturated heterocycles. The van der Waals surface area contributed by atoms with Gasteiger partial charge in [-0.25, -0.2) is 0 Å². The Hall–Kier alpha value is -2.24. The van der Waals surface area contributed by atoms with E-state index in [0.717, 1.165) is 5.69 Å². The van der Waals surface area contributed by atoms with Gasteiger partial charge in [-0.15, -0.1) is 0 Å². The summed E-state index contributed by atoms with van der Waals surface area (Å²) in [7, 11) is 0. The number of nitrogens with zero attached hydrogens (tertiary/aromatic N) is 2. The lowest BCUT2D eigenvalue weighted by molar-refractivity contribution is -0.134. The van der Waals surface area contributed by atoms with Gasteiger partial charge in [-0.05, 0) is 36.2 Å². The molecule has 5 nitrogen and oxygen atoms in total. The highest BCUT2D eigenvalue weighted by Crippen LogP contribution is 2.28. The Balaban J connectivity index is 1.62. The fourth-order valence-electron chi connectivity index (χ4n) is 3.39. The van der Waals surface area contributed by atoms with Crippen LogP contribution in [0, 0.1) is 5.92 Å². The van der Waals surface area contributed by atoms with Gasteiger partial charge in [0, 0.05) is 37.4 Å². The monoisotopic (exact) mass is 433 g/mol. The smallest absolute Gasteiger partial charge is 0.251 e. The molecule has 7 heteroatoms. The van der Waals surface area contributed by atoms with E-state index in [0.29, 0.717) is 41.8 Å². The molecule has 1 atom stereocenters. The molecule has 1 aliphatic heterocycles. The molecule has 0 aromatic heterocycles. The quantitative estimate of drug-likeness (QED) is 0.771. The van der Waals surface area contributed by atoms with E-state index in [2.05, 4.69) is 10.2 Å². The van der Waals surface area contributed by atoms with Crippen molar-refractivity contribution in [2.24, 2.45) is 5.92 Å². The van der Waals surface area contributed by atoms with Gasteiger partial charge in [0.1, 0.15) is 6.04 Å². The predicted octanol–water partition coefficient (Wildman–Crippen LogP) is 4.10. The first kappa shape index (κ1) is 21.5. The summed E-state index contributed by atoms with van der Waals surface area (Å²) in [4.78, 5) is 29.6. The molecule has 2 amide bonds. The van der Waals surface area contributed by atoms with Crippen molar-refractivity contribution in [2.45, 2.75) is 19.9 Å². The number of amides is 2. The molecular weight excluding hydrogens is 409 g/mol. The molecule has 2 aromatic rings. The third kappa shape index (κ3) is 5.22. The second kappa shape index (κ2) is 9.51. The van der Waals surface area contributed by atoms with Crippen molar-refractivity contribution in [3.05, 3.63) is 64.1 Å². The first-order valence-electron chi connectivity index (χ1n) is 9.71. The van der Waals surface area contributed by atoms with Gasteiger partial charge >= 0.3 is 0 Å². The number of carbonyl (C=O) groups is 2. The second-order valence-electron chi connectivity index (χ2n) is 7.47. The van der Waals surface area contributed by atoms with E-state index >= 15 is 0 Å². The highest BCUT2D eigenvalue weighted by atomic mass is 35.5. The van der Waals surface area contributed by atoms with Crippen molar-refractivity contribution in [2.75, 3.05) is 31.1 Å². The number of benzene rings is 2. The van der Waals surface area contributed by atoms with Crippen molar-refractivity contribution in [1.82, 2.24) is 10.2 Å². The highest BCUT2D eigenvalue weighted by molar-refractivity contribution is 6.42. The molecule has 154 valence electrons. The Morgan fingerprint density at radius 2 is 1.59 bits per heavy atom. The van der Waals surface area contributed by atoms with Crippen molar-refractivity contribution >= 4 is 40.7 Å². The molecule has 3 rings (SSSR count). The molecule has 0 unspecified atom stereocenters. The fourth-order valence-corrected chi connectivity index (χ4v) is 3.68. The van der Waals surface area contributed by atoms with Crippen LogP contribution in [-0.2, 0) is 4.79 Å². The van der Waals surface area contributed by atoms with E-state index in [1.807, 2.05) is 49.1 Å². The van der Waals surface area contributed by atoms with Crippen LogP contribution >= 0.6 is 23.2 Å². The maximum Gasteiger partial charge on any atom is 0.251 e. The zero-order valence-corrected chi connectivity index (χ0v) is 18.1. The number of halogens is 2. The standard InChI is InChI=1S/C22H25Cl2N3O2/c1-15(2)20(25-21(28)16-6-4-3-5-7-16)22(29)27-12-10-26(11-13-27)17-8-9-18(23)19(24)14-17/h3-9,14-15,20H,10-13H2,1-2H3,(H,25,28)/t20-/m1/s1. The first-order valence-corrected chi connectivity index (χ1v) is 10.5. The molecule has 1 N–H and O–H groups in total. The second-order valence-corrected chi connectivity index (χ2v) is 8.29. The molecule has 0 aliphatic carbocycles. The van der Waals surface area contributed by atoms with E-state index in [9.17, 15) is 9.59 Å². The fraction of sp³-hybridized carbons (Fsp3) is 0.364. The Morgan fingerprint density at radius 3 is 2.17 bits per heavy atom. The SMILES string of the molecule is CC(C)[C@@H](NC(=O)c1ccccc1)C(=O)N1CCN(c2ccc(Cl)c(Cl)c2)CC1. The molecule has 2 aromatic carbocycles. The van der Waals surface area contributed by atoms with Crippen molar-refractivity contribution in [3.8, 4) is 0 Å². The predicted molar refractivity (Wildman–Crippen MR) is 118 cm³/mol. The van der Waals surface area contributed by atoms with Crippen LogP contribution in [0.5, 0.6) is 0 Å². The maximum atomic E-state index is 13.1. The lowest BCUT2D eigenvalue weighted by Crippen LogP contribution is -2.56. The average Bonchev–Trinajstić information content (AvgIpc) is 2.74. The molecule has 29 heavy (non-hydrogen) atoms. The maximum absolute atomic E-state index is 13.1.